The van der Waals surface area contributed by atoms with E-state index in [1.807, 2.05) is 0 Å². The first-order valence-corrected chi connectivity index (χ1v) is 6.83. The van der Waals surface area contributed by atoms with Crippen molar-refractivity contribution in [2.24, 2.45) is 5.73 Å². The summed E-state index contributed by atoms with van der Waals surface area (Å²) in [5, 5.41) is 0. The average molecular weight is 358 g/mol. The smallest absolute Gasteiger partial charge is 0.200 e. The van der Waals surface area contributed by atoms with Crippen LogP contribution in [0.5, 0.6) is 5.75 Å². The largest absolute Gasteiger partial charge is 0.486 e. The van der Waals surface area contributed by atoms with E-state index in [-0.39, 0.29) is 17.3 Å². The molecule has 0 fully saturated rings. The molecule has 0 aliphatic heterocycles. The van der Waals surface area contributed by atoms with Crippen molar-refractivity contribution in [2.75, 3.05) is 0 Å². The van der Waals surface area contributed by atoms with Crippen LogP contribution in [-0.2, 0) is 6.61 Å². The lowest BCUT2D eigenvalue weighted by Gasteiger charge is -2.09. The minimum atomic E-state index is -1.02. The molecule has 0 aliphatic carbocycles. The summed E-state index contributed by atoms with van der Waals surface area (Å²) in [5.74, 6) is -2.14. The van der Waals surface area contributed by atoms with Gasteiger partial charge in [-0.15, -0.1) is 0 Å². The first kappa shape index (κ1) is 14.9. The Hall–Kier alpha value is -1.53. The molecule has 2 nitrogen and oxygen atoms in total. The summed E-state index contributed by atoms with van der Waals surface area (Å²) in [7, 11) is 0. The number of hydrogen-bond acceptors (Lipinski definition) is 2. The lowest BCUT2D eigenvalue weighted by atomic mass is 10.1. The molecule has 0 spiro atoms. The maximum absolute atomic E-state index is 13.5. The van der Waals surface area contributed by atoms with Gasteiger partial charge in [-0.25, -0.2) is 4.39 Å². The van der Waals surface area contributed by atoms with Crippen molar-refractivity contribution in [3.8, 4) is 5.75 Å². The number of thiocarbonyl (C=S) groups is 1. The van der Waals surface area contributed by atoms with Crippen LogP contribution in [0, 0.1) is 11.6 Å². The van der Waals surface area contributed by atoms with E-state index in [1.54, 1.807) is 24.3 Å². The molecule has 2 N–H and O–H groups in total. The summed E-state index contributed by atoms with van der Waals surface area (Å²) in [6.45, 7) is 0.0866. The van der Waals surface area contributed by atoms with Crippen LogP contribution in [0.1, 0.15) is 11.1 Å². The van der Waals surface area contributed by atoms with Crippen molar-refractivity contribution in [3.63, 3.8) is 0 Å². The van der Waals surface area contributed by atoms with Gasteiger partial charge in [0.2, 0.25) is 5.82 Å². The molecule has 20 heavy (non-hydrogen) atoms. The molecule has 0 unspecified atom stereocenters. The van der Waals surface area contributed by atoms with Gasteiger partial charge in [0.25, 0.3) is 0 Å². The lowest BCUT2D eigenvalue weighted by Crippen LogP contribution is -2.10. The molecule has 0 aliphatic rings. The molecule has 0 heterocycles. The minimum absolute atomic E-state index is 0.0866. The topological polar surface area (TPSA) is 35.2 Å². The predicted molar refractivity (Wildman–Crippen MR) is 80.7 cm³/mol. The minimum Gasteiger partial charge on any atom is -0.486 e. The number of nitrogens with two attached hydrogens (primary N) is 1. The SMILES string of the molecule is NC(=S)c1cccc(COc2cc(Br)cc(F)c2F)c1. The zero-order chi connectivity index (χ0) is 14.7. The van der Waals surface area contributed by atoms with E-state index in [4.69, 9.17) is 22.7 Å². The quantitative estimate of drug-likeness (QED) is 0.664. The highest BCUT2D eigenvalue weighted by molar-refractivity contribution is 9.10. The molecule has 2 aromatic carbocycles. The van der Waals surface area contributed by atoms with Gasteiger partial charge in [0.15, 0.2) is 11.6 Å². The normalized spacial score (nSPS) is 10.3. The molecule has 0 bridgehead atoms. The van der Waals surface area contributed by atoms with Crippen molar-refractivity contribution in [3.05, 3.63) is 63.6 Å². The third-order valence-electron chi connectivity index (χ3n) is 2.57. The van der Waals surface area contributed by atoms with Gasteiger partial charge >= 0.3 is 0 Å². The zero-order valence-electron chi connectivity index (χ0n) is 10.2. The molecule has 0 saturated carbocycles. The van der Waals surface area contributed by atoms with Crippen LogP contribution in [0.4, 0.5) is 8.78 Å². The van der Waals surface area contributed by atoms with E-state index in [0.717, 1.165) is 11.6 Å². The lowest BCUT2D eigenvalue weighted by molar-refractivity contribution is 0.284. The van der Waals surface area contributed by atoms with Crippen LogP contribution in [0.25, 0.3) is 0 Å². The second-order valence-electron chi connectivity index (χ2n) is 4.05. The Morgan fingerprint density at radius 2 is 2.00 bits per heavy atom. The molecule has 0 aromatic heterocycles. The van der Waals surface area contributed by atoms with Crippen LogP contribution in [-0.4, -0.2) is 4.99 Å². The molecule has 6 heteroatoms. The summed E-state index contributed by atoms with van der Waals surface area (Å²) in [6, 6.07) is 9.48. The Bertz CT molecular complexity index is 664. The van der Waals surface area contributed by atoms with Gasteiger partial charge in [0.05, 0.1) is 0 Å². The number of ether oxygens (including phenoxy) is 1. The van der Waals surface area contributed by atoms with Gasteiger partial charge in [-0.05, 0) is 23.8 Å². The summed E-state index contributed by atoms with van der Waals surface area (Å²) < 4.78 is 32.4. The molecule has 0 radical (unpaired) electrons. The summed E-state index contributed by atoms with van der Waals surface area (Å²) in [5.41, 5.74) is 6.98. The number of halogens is 3. The zero-order valence-corrected chi connectivity index (χ0v) is 12.6. The maximum Gasteiger partial charge on any atom is 0.200 e. The third-order valence-corrected chi connectivity index (χ3v) is 3.26. The molecule has 0 saturated heterocycles. The highest BCUT2D eigenvalue weighted by Crippen LogP contribution is 2.26. The predicted octanol–water partition coefficient (Wildman–Crippen LogP) is 3.94. The number of benzene rings is 2. The van der Waals surface area contributed by atoms with E-state index < -0.39 is 11.6 Å². The second kappa shape index (κ2) is 6.28. The summed E-state index contributed by atoms with van der Waals surface area (Å²) >= 11 is 7.96. The monoisotopic (exact) mass is 357 g/mol. The molecular weight excluding hydrogens is 348 g/mol. The highest BCUT2D eigenvalue weighted by Gasteiger charge is 2.11. The van der Waals surface area contributed by atoms with E-state index in [9.17, 15) is 8.78 Å². The van der Waals surface area contributed by atoms with E-state index in [2.05, 4.69) is 15.9 Å². The van der Waals surface area contributed by atoms with E-state index >= 15 is 0 Å². The molecule has 104 valence electrons. The van der Waals surface area contributed by atoms with Crippen LogP contribution < -0.4 is 10.5 Å². The summed E-state index contributed by atoms with van der Waals surface area (Å²) in [6.07, 6.45) is 0. The van der Waals surface area contributed by atoms with Crippen molar-refractivity contribution >= 4 is 33.1 Å². The fraction of sp³-hybridized carbons (Fsp3) is 0.0714. The van der Waals surface area contributed by atoms with Gasteiger partial charge in [0, 0.05) is 10.0 Å². The van der Waals surface area contributed by atoms with Gasteiger partial charge in [-0.2, -0.15) is 4.39 Å². The number of rotatable bonds is 4. The molecular formula is C14H10BrF2NOS. The second-order valence-corrected chi connectivity index (χ2v) is 5.41. The van der Waals surface area contributed by atoms with Crippen molar-refractivity contribution < 1.29 is 13.5 Å². The highest BCUT2D eigenvalue weighted by atomic mass is 79.9. The van der Waals surface area contributed by atoms with Crippen molar-refractivity contribution in [1.29, 1.82) is 0 Å². The fourth-order valence-corrected chi connectivity index (χ4v) is 2.15. The molecule has 0 amide bonds. The Kier molecular flexibility index (Phi) is 4.67. The molecule has 2 rings (SSSR count). The van der Waals surface area contributed by atoms with Crippen molar-refractivity contribution in [1.82, 2.24) is 0 Å². The maximum atomic E-state index is 13.5. The fourth-order valence-electron chi connectivity index (χ4n) is 1.61. The average Bonchev–Trinajstić information content (AvgIpc) is 2.41. The molecule has 2 aromatic rings. The van der Waals surface area contributed by atoms with Gasteiger partial charge in [0.1, 0.15) is 11.6 Å². The van der Waals surface area contributed by atoms with Crippen LogP contribution in [0.3, 0.4) is 0 Å². The van der Waals surface area contributed by atoms with Crippen LogP contribution >= 0.6 is 28.1 Å². The first-order chi connectivity index (χ1) is 9.47. The van der Waals surface area contributed by atoms with Crippen LogP contribution in [0.15, 0.2) is 40.9 Å². The van der Waals surface area contributed by atoms with Gasteiger partial charge < -0.3 is 10.5 Å². The Morgan fingerprint density at radius 1 is 1.25 bits per heavy atom. The Labute approximate surface area is 128 Å². The molecule has 0 atom stereocenters. The standard InChI is InChI=1S/C14H10BrF2NOS/c15-10-5-11(16)13(17)12(6-10)19-7-8-2-1-3-9(4-8)14(18)20/h1-6H,7H2,(H2,18,20). The third kappa shape index (κ3) is 3.52. The van der Waals surface area contributed by atoms with Crippen molar-refractivity contribution in [2.45, 2.75) is 6.61 Å². The Balaban J connectivity index is 2.17. The Morgan fingerprint density at radius 3 is 2.70 bits per heavy atom. The van der Waals surface area contributed by atoms with Gasteiger partial charge in [-0.3, -0.25) is 0 Å². The van der Waals surface area contributed by atoms with Crippen LogP contribution in [0.2, 0.25) is 0 Å². The van der Waals surface area contributed by atoms with E-state index in [0.29, 0.717) is 10.0 Å². The summed E-state index contributed by atoms with van der Waals surface area (Å²) in [4.78, 5) is 0.270. The van der Waals surface area contributed by atoms with Gasteiger partial charge in [-0.1, -0.05) is 46.3 Å². The van der Waals surface area contributed by atoms with E-state index in [1.165, 1.54) is 6.07 Å². The first-order valence-electron chi connectivity index (χ1n) is 5.63. The number of hydrogen-bond donors (Lipinski definition) is 1.